The summed E-state index contributed by atoms with van der Waals surface area (Å²) in [5.74, 6) is 1.61. The predicted octanol–water partition coefficient (Wildman–Crippen LogP) is 1.36. The Hall–Kier alpha value is -2.02. The van der Waals surface area contributed by atoms with Crippen molar-refractivity contribution in [2.75, 3.05) is 39.8 Å². The number of rotatable bonds is 8. The number of amides is 1. The highest BCUT2D eigenvalue weighted by atomic mass is 16.5. The van der Waals surface area contributed by atoms with Gasteiger partial charge in [-0.25, -0.2) is 0 Å². The molecule has 134 valence electrons. The van der Waals surface area contributed by atoms with Crippen LogP contribution in [-0.4, -0.2) is 56.6 Å². The molecule has 7 nitrogen and oxygen atoms in total. The first-order chi connectivity index (χ1) is 11.8. The molecule has 24 heavy (non-hydrogen) atoms. The normalized spacial score (nSPS) is 15.4. The lowest BCUT2D eigenvalue weighted by Gasteiger charge is -2.27. The topological polar surface area (TPSA) is 79.1 Å². The Morgan fingerprint density at radius 1 is 1.33 bits per heavy atom. The van der Waals surface area contributed by atoms with Crippen molar-refractivity contribution in [2.45, 2.75) is 32.3 Å². The molecule has 2 heterocycles. The third kappa shape index (κ3) is 6.62. The summed E-state index contributed by atoms with van der Waals surface area (Å²) in [4.78, 5) is 18.2. The van der Waals surface area contributed by atoms with Gasteiger partial charge in [-0.05, 0) is 37.8 Å². The Morgan fingerprint density at radius 3 is 2.88 bits per heavy atom. The lowest BCUT2D eigenvalue weighted by atomic mass is 10.1. The second kappa shape index (κ2) is 10.7. The zero-order chi connectivity index (χ0) is 17.0. The molecule has 0 atom stereocenters. The van der Waals surface area contributed by atoms with Crippen LogP contribution in [0.1, 0.15) is 31.4 Å². The van der Waals surface area contributed by atoms with Gasteiger partial charge in [-0.2, -0.15) is 0 Å². The van der Waals surface area contributed by atoms with Crippen LogP contribution in [0.15, 0.2) is 27.8 Å². The molecule has 1 amide bonds. The van der Waals surface area contributed by atoms with E-state index in [2.05, 4.69) is 15.6 Å². The van der Waals surface area contributed by atoms with Crippen LogP contribution in [-0.2, 0) is 16.1 Å². The van der Waals surface area contributed by atoms with Crippen molar-refractivity contribution in [1.29, 1.82) is 0 Å². The highest BCUT2D eigenvalue weighted by molar-refractivity contribution is 5.86. The molecule has 1 saturated heterocycles. The quantitative estimate of drug-likeness (QED) is 0.426. The molecule has 7 heteroatoms. The minimum Gasteiger partial charge on any atom is -0.467 e. The zero-order valence-corrected chi connectivity index (χ0v) is 14.4. The number of hydrogen-bond donors (Lipinski definition) is 2. The summed E-state index contributed by atoms with van der Waals surface area (Å²) >= 11 is 0. The summed E-state index contributed by atoms with van der Waals surface area (Å²) in [7, 11) is 1.70. The van der Waals surface area contributed by atoms with Gasteiger partial charge in [-0.1, -0.05) is 0 Å². The Kier molecular flexibility index (Phi) is 8.17. The van der Waals surface area contributed by atoms with Crippen molar-refractivity contribution < 1.29 is 13.9 Å². The lowest BCUT2D eigenvalue weighted by molar-refractivity contribution is -0.130. The van der Waals surface area contributed by atoms with E-state index in [-0.39, 0.29) is 12.5 Å². The number of carbonyl (C=O) groups excluding carboxylic acids is 1. The van der Waals surface area contributed by atoms with E-state index in [1.807, 2.05) is 17.0 Å². The molecule has 0 aliphatic carbocycles. The van der Waals surface area contributed by atoms with Crippen LogP contribution in [0.5, 0.6) is 0 Å². The number of aliphatic imine (C=N–C) groups is 1. The molecular formula is C17H28N4O3. The second-order valence-corrected chi connectivity index (χ2v) is 5.78. The number of hydrogen-bond acceptors (Lipinski definition) is 4. The summed E-state index contributed by atoms with van der Waals surface area (Å²) in [6, 6.07) is 3.74. The maximum absolute atomic E-state index is 12.1. The van der Waals surface area contributed by atoms with Gasteiger partial charge in [0.2, 0.25) is 5.91 Å². The summed E-state index contributed by atoms with van der Waals surface area (Å²) < 4.78 is 10.7. The summed E-state index contributed by atoms with van der Waals surface area (Å²) in [5.41, 5.74) is 0. The van der Waals surface area contributed by atoms with Crippen molar-refractivity contribution in [2.24, 2.45) is 4.99 Å². The van der Waals surface area contributed by atoms with Crippen LogP contribution in [0, 0.1) is 0 Å². The standard InChI is InChI=1S/C17H28N4O3/c1-18-17(20-13-16(22)21-9-3-2-4-10-21)19-8-6-11-23-14-15-7-5-12-24-15/h5,7,12H,2-4,6,8-11,13-14H2,1H3,(H2,18,19,20). The molecular weight excluding hydrogens is 308 g/mol. The van der Waals surface area contributed by atoms with Crippen molar-refractivity contribution in [3.8, 4) is 0 Å². The second-order valence-electron chi connectivity index (χ2n) is 5.78. The molecule has 1 aliphatic rings. The fourth-order valence-corrected chi connectivity index (χ4v) is 2.58. The number of piperidine rings is 1. The van der Waals surface area contributed by atoms with Crippen molar-refractivity contribution in [3.63, 3.8) is 0 Å². The molecule has 1 aromatic heterocycles. The van der Waals surface area contributed by atoms with E-state index in [1.54, 1.807) is 13.3 Å². The summed E-state index contributed by atoms with van der Waals surface area (Å²) in [5, 5.41) is 6.26. The smallest absolute Gasteiger partial charge is 0.241 e. The number of furan rings is 1. The van der Waals surface area contributed by atoms with Gasteiger partial charge in [0.15, 0.2) is 5.96 Å². The van der Waals surface area contributed by atoms with Crippen LogP contribution in [0.25, 0.3) is 0 Å². The molecule has 1 aromatic rings. The van der Waals surface area contributed by atoms with Gasteiger partial charge < -0.3 is 24.7 Å². The summed E-state index contributed by atoms with van der Waals surface area (Å²) in [6.45, 7) is 3.89. The van der Waals surface area contributed by atoms with E-state index in [4.69, 9.17) is 9.15 Å². The minimum absolute atomic E-state index is 0.138. The molecule has 0 saturated carbocycles. The third-order valence-electron chi connectivity index (χ3n) is 3.92. The Labute approximate surface area is 143 Å². The molecule has 2 N–H and O–H groups in total. The van der Waals surface area contributed by atoms with Crippen LogP contribution in [0.4, 0.5) is 0 Å². The molecule has 0 spiro atoms. The van der Waals surface area contributed by atoms with Gasteiger partial charge in [0.05, 0.1) is 12.8 Å². The van der Waals surface area contributed by atoms with Crippen LogP contribution >= 0.6 is 0 Å². The predicted molar refractivity (Wildman–Crippen MR) is 92.8 cm³/mol. The van der Waals surface area contributed by atoms with Gasteiger partial charge in [-0.15, -0.1) is 0 Å². The van der Waals surface area contributed by atoms with Gasteiger partial charge in [0.1, 0.15) is 12.4 Å². The molecule has 1 aliphatic heterocycles. The number of likely N-dealkylation sites (tertiary alicyclic amines) is 1. The van der Waals surface area contributed by atoms with Crippen LogP contribution in [0.2, 0.25) is 0 Å². The monoisotopic (exact) mass is 336 g/mol. The highest BCUT2D eigenvalue weighted by Gasteiger charge is 2.16. The molecule has 0 unspecified atom stereocenters. The fraction of sp³-hybridized carbons (Fsp3) is 0.647. The lowest BCUT2D eigenvalue weighted by Crippen LogP contribution is -2.46. The minimum atomic E-state index is 0.138. The molecule has 1 fully saturated rings. The van der Waals surface area contributed by atoms with E-state index < -0.39 is 0 Å². The van der Waals surface area contributed by atoms with Gasteiger partial charge in [0, 0.05) is 33.3 Å². The van der Waals surface area contributed by atoms with E-state index >= 15 is 0 Å². The van der Waals surface area contributed by atoms with E-state index in [0.717, 1.165) is 44.7 Å². The Bertz CT molecular complexity index is 496. The average molecular weight is 336 g/mol. The molecule has 0 aromatic carbocycles. The molecule has 0 radical (unpaired) electrons. The van der Waals surface area contributed by atoms with E-state index in [0.29, 0.717) is 19.2 Å². The maximum Gasteiger partial charge on any atom is 0.241 e. The van der Waals surface area contributed by atoms with Gasteiger partial charge in [0.25, 0.3) is 0 Å². The largest absolute Gasteiger partial charge is 0.467 e. The van der Waals surface area contributed by atoms with Crippen molar-refractivity contribution >= 4 is 11.9 Å². The zero-order valence-electron chi connectivity index (χ0n) is 14.4. The Morgan fingerprint density at radius 2 is 2.17 bits per heavy atom. The van der Waals surface area contributed by atoms with E-state index in [1.165, 1.54) is 6.42 Å². The number of ether oxygens (including phenoxy) is 1. The first-order valence-electron chi connectivity index (χ1n) is 8.62. The van der Waals surface area contributed by atoms with Crippen LogP contribution < -0.4 is 10.6 Å². The van der Waals surface area contributed by atoms with Crippen molar-refractivity contribution in [1.82, 2.24) is 15.5 Å². The number of carbonyl (C=O) groups is 1. The third-order valence-corrected chi connectivity index (χ3v) is 3.92. The summed E-state index contributed by atoms with van der Waals surface area (Å²) in [6.07, 6.45) is 5.93. The van der Waals surface area contributed by atoms with Gasteiger partial charge >= 0.3 is 0 Å². The maximum atomic E-state index is 12.1. The molecule has 2 rings (SSSR count). The van der Waals surface area contributed by atoms with Crippen LogP contribution in [0.3, 0.4) is 0 Å². The number of nitrogens with one attached hydrogen (secondary N) is 2. The van der Waals surface area contributed by atoms with Gasteiger partial charge in [-0.3, -0.25) is 9.79 Å². The van der Waals surface area contributed by atoms with Crippen molar-refractivity contribution in [3.05, 3.63) is 24.2 Å². The highest BCUT2D eigenvalue weighted by Crippen LogP contribution is 2.08. The van der Waals surface area contributed by atoms with E-state index in [9.17, 15) is 4.79 Å². The molecule has 0 bridgehead atoms. The average Bonchev–Trinajstić information content (AvgIpc) is 3.14. The first-order valence-corrected chi connectivity index (χ1v) is 8.62. The first kappa shape index (κ1) is 18.3. The number of nitrogens with zero attached hydrogens (tertiary/aromatic N) is 2. The number of guanidine groups is 1. The SMILES string of the molecule is CN=C(NCCCOCc1ccco1)NCC(=O)N1CCCCC1. The Balaban J connectivity index is 1.52. The fourth-order valence-electron chi connectivity index (χ4n) is 2.58.